The number of aliphatic hydroxyl groups is 2. The van der Waals surface area contributed by atoms with Gasteiger partial charge in [0.25, 0.3) is 0 Å². The van der Waals surface area contributed by atoms with Gasteiger partial charge in [-0.2, -0.15) is 0 Å². The van der Waals surface area contributed by atoms with Gasteiger partial charge in [-0.25, -0.2) is 0 Å². The molecule has 1 unspecified atom stereocenters. The molecule has 0 saturated heterocycles. The second-order valence-electron chi connectivity index (χ2n) is 4.23. The molecule has 2 rings (SSSR count). The Labute approximate surface area is 94.5 Å². The van der Waals surface area contributed by atoms with Crippen molar-refractivity contribution in [2.75, 3.05) is 0 Å². The van der Waals surface area contributed by atoms with Crippen LogP contribution in [0.5, 0.6) is 0 Å². The van der Waals surface area contributed by atoms with Gasteiger partial charge in [-0.05, 0) is 18.9 Å². The lowest BCUT2D eigenvalue weighted by molar-refractivity contribution is -0.0718. The van der Waals surface area contributed by atoms with Crippen molar-refractivity contribution in [1.29, 1.82) is 0 Å². The van der Waals surface area contributed by atoms with E-state index in [-0.39, 0.29) is 0 Å². The van der Waals surface area contributed by atoms with Crippen molar-refractivity contribution in [3.05, 3.63) is 34.9 Å². The second kappa shape index (κ2) is 4.12. The summed E-state index contributed by atoms with van der Waals surface area (Å²) < 4.78 is 0. The van der Waals surface area contributed by atoms with Gasteiger partial charge in [0, 0.05) is 10.6 Å². The molecule has 2 nitrogen and oxygen atoms in total. The molecule has 1 fully saturated rings. The van der Waals surface area contributed by atoms with Crippen LogP contribution in [0.2, 0.25) is 5.02 Å². The van der Waals surface area contributed by atoms with Crippen LogP contribution in [0.25, 0.3) is 0 Å². The van der Waals surface area contributed by atoms with Crippen molar-refractivity contribution in [2.24, 2.45) is 0 Å². The van der Waals surface area contributed by atoms with E-state index < -0.39 is 11.7 Å². The average molecular weight is 227 g/mol. The molecule has 3 heteroatoms. The molecule has 82 valence electrons. The van der Waals surface area contributed by atoms with Crippen LogP contribution in [0.15, 0.2) is 24.3 Å². The zero-order valence-electron chi connectivity index (χ0n) is 8.49. The molecule has 1 aromatic carbocycles. The fourth-order valence-electron chi connectivity index (χ4n) is 2.25. The SMILES string of the molecule is OC(c1ccccc1Cl)C1(O)CCCC1. The maximum Gasteiger partial charge on any atom is 0.109 e. The fourth-order valence-corrected chi connectivity index (χ4v) is 2.49. The van der Waals surface area contributed by atoms with Crippen molar-refractivity contribution in [3.63, 3.8) is 0 Å². The van der Waals surface area contributed by atoms with Crippen LogP contribution in [-0.2, 0) is 0 Å². The zero-order chi connectivity index (χ0) is 10.9. The van der Waals surface area contributed by atoms with Crippen molar-refractivity contribution < 1.29 is 10.2 Å². The maximum absolute atomic E-state index is 10.2. The first kappa shape index (κ1) is 10.9. The molecule has 1 aromatic rings. The van der Waals surface area contributed by atoms with E-state index in [4.69, 9.17) is 11.6 Å². The molecule has 1 aliphatic carbocycles. The summed E-state index contributed by atoms with van der Waals surface area (Å²) in [7, 11) is 0. The maximum atomic E-state index is 10.2. The van der Waals surface area contributed by atoms with Crippen LogP contribution in [0.1, 0.15) is 37.4 Å². The largest absolute Gasteiger partial charge is 0.387 e. The molecule has 0 spiro atoms. The van der Waals surface area contributed by atoms with Gasteiger partial charge in [0.2, 0.25) is 0 Å². The van der Waals surface area contributed by atoms with Gasteiger partial charge in [-0.1, -0.05) is 42.6 Å². The van der Waals surface area contributed by atoms with E-state index in [2.05, 4.69) is 0 Å². The first-order valence-corrected chi connectivity index (χ1v) is 5.66. The van der Waals surface area contributed by atoms with Gasteiger partial charge in [0.05, 0.1) is 5.60 Å². The van der Waals surface area contributed by atoms with Crippen LogP contribution in [0, 0.1) is 0 Å². The van der Waals surface area contributed by atoms with E-state index >= 15 is 0 Å². The van der Waals surface area contributed by atoms with Crippen LogP contribution in [0.4, 0.5) is 0 Å². The Balaban J connectivity index is 2.27. The zero-order valence-corrected chi connectivity index (χ0v) is 9.24. The topological polar surface area (TPSA) is 40.5 Å². The van der Waals surface area contributed by atoms with Gasteiger partial charge in [0.15, 0.2) is 0 Å². The minimum Gasteiger partial charge on any atom is -0.387 e. The standard InChI is InChI=1S/C12H15ClO2/c13-10-6-2-1-5-9(10)11(14)12(15)7-3-4-8-12/h1-2,5-6,11,14-15H,3-4,7-8H2. The molecule has 0 aromatic heterocycles. The Morgan fingerprint density at radius 2 is 1.80 bits per heavy atom. The normalized spacial score (nSPS) is 21.5. The number of hydrogen-bond donors (Lipinski definition) is 2. The summed E-state index contributed by atoms with van der Waals surface area (Å²) in [5.41, 5.74) is -0.353. The van der Waals surface area contributed by atoms with Crippen molar-refractivity contribution >= 4 is 11.6 Å². The highest BCUT2D eigenvalue weighted by Crippen LogP contribution is 2.41. The molecule has 15 heavy (non-hydrogen) atoms. The van der Waals surface area contributed by atoms with Gasteiger partial charge >= 0.3 is 0 Å². The van der Waals surface area contributed by atoms with Gasteiger partial charge in [-0.15, -0.1) is 0 Å². The van der Waals surface area contributed by atoms with Crippen LogP contribution in [0.3, 0.4) is 0 Å². The van der Waals surface area contributed by atoms with E-state index in [9.17, 15) is 10.2 Å². The summed E-state index contributed by atoms with van der Waals surface area (Å²) in [4.78, 5) is 0. The average Bonchev–Trinajstić information content (AvgIpc) is 2.66. The van der Waals surface area contributed by atoms with Gasteiger partial charge < -0.3 is 10.2 Å². The number of rotatable bonds is 2. The first-order valence-electron chi connectivity index (χ1n) is 5.28. The Morgan fingerprint density at radius 3 is 2.40 bits per heavy atom. The molecule has 0 aliphatic heterocycles. The molecular formula is C12H15ClO2. The van der Waals surface area contributed by atoms with E-state index in [0.717, 1.165) is 12.8 Å². The minimum atomic E-state index is -0.981. The Hall–Kier alpha value is -0.570. The molecule has 0 amide bonds. The van der Waals surface area contributed by atoms with E-state index in [1.807, 2.05) is 12.1 Å². The second-order valence-corrected chi connectivity index (χ2v) is 4.64. The number of halogens is 1. The highest BCUT2D eigenvalue weighted by Gasteiger charge is 2.39. The Kier molecular flexibility index (Phi) is 3.01. The quantitative estimate of drug-likeness (QED) is 0.814. The van der Waals surface area contributed by atoms with Gasteiger partial charge in [-0.3, -0.25) is 0 Å². The molecule has 0 heterocycles. The minimum absolute atomic E-state index is 0.519. The third-order valence-electron chi connectivity index (χ3n) is 3.18. The molecule has 0 bridgehead atoms. The van der Waals surface area contributed by atoms with Crippen LogP contribution >= 0.6 is 11.6 Å². The van der Waals surface area contributed by atoms with Crippen molar-refractivity contribution in [1.82, 2.24) is 0 Å². The van der Waals surface area contributed by atoms with Gasteiger partial charge in [0.1, 0.15) is 6.10 Å². The lowest BCUT2D eigenvalue weighted by atomic mass is 9.89. The fraction of sp³-hybridized carbons (Fsp3) is 0.500. The molecule has 1 saturated carbocycles. The third kappa shape index (κ3) is 2.03. The summed E-state index contributed by atoms with van der Waals surface area (Å²) in [6.07, 6.45) is 2.38. The Morgan fingerprint density at radius 1 is 1.20 bits per heavy atom. The molecule has 1 atom stereocenters. The van der Waals surface area contributed by atoms with Crippen molar-refractivity contribution in [2.45, 2.75) is 37.4 Å². The smallest absolute Gasteiger partial charge is 0.109 e. The van der Waals surface area contributed by atoms with E-state index in [1.165, 1.54) is 0 Å². The highest BCUT2D eigenvalue weighted by atomic mass is 35.5. The molecule has 0 radical (unpaired) electrons. The van der Waals surface area contributed by atoms with Crippen molar-refractivity contribution in [3.8, 4) is 0 Å². The third-order valence-corrected chi connectivity index (χ3v) is 3.52. The van der Waals surface area contributed by atoms with Crippen LogP contribution in [-0.4, -0.2) is 15.8 Å². The summed E-state index contributed by atoms with van der Waals surface area (Å²) in [6, 6.07) is 7.14. The van der Waals surface area contributed by atoms with E-state index in [0.29, 0.717) is 23.4 Å². The molecule has 2 N–H and O–H groups in total. The molecular weight excluding hydrogens is 212 g/mol. The Bertz CT molecular complexity index is 345. The number of benzene rings is 1. The number of aliphatic hydroxyl groups excluding tert-OH is 1. The van der Waals surface area contributed by atoms with E-state index in [1.54, 1.807) is 12.1 Å². The van der Waals surface area contributed by atoms with Crippen LogP contribution < -0.4 is 0 Å². The molecule has 1 aliphatic rings. The summed E-state index contributed by atoms with van der Waals surface area (Å²) >= 11 is 5.99. The highest BCUT2D eigenvalue weighted by molar-refractivity contribution is 6.31. The monoisotopic (exact) mass is 226 g/mol. The number of hydrogen-bond acceptors (Lipinski definition) is 2. The predicted molar refractivity (Wildman–Crippen MR) is 59.8 cm³/mol. The summed E-state index contributed by atoms with van der Waals surface area (Å²) in [5.74, 6) is 0. The lowest BCUT2D eigenvalue weighted by Crippen LogP contribution is -2.33. The summed E-state index contributed by atoms with van der Waals surface area (Å²) in [6.45, 7) is 0. The first-order chi connectivity index (χ1) is 7.13. The summed E-state index contributed by atoms with van der Waals surface area (Å²) in [5, 5.41) is 20.9. The lowest BCUT2D eigenvalue weighted by Gasteiger charge is -2.29. The predicted octanol–water partition coefficient (Wildman–Crippen LogP) is 2.68.